The lowest BCUT2D eigenvalue weighted by molar-refractivity contribution is -0.287. The molecular formula is C43H54N2O14. The van der Waals surface area contributed by atoms with Gasteiger partial charge in [-0.3, -0.25) is 14.4 Å². The highest BCUT2D eigenvalue weighted by molar-refractivity contribution is 6.32. The van der Waals surface area contributed by atoms with E-state index in [0.29, 0.717) is 6.42 Å². The summed E-state index contributed by atoms with van der Waals surface area (Å²) in [5.74, 6) is -1.53. The molecule has 320 valence electrons. The molecule has 0 radical (unpaired) electrons. The molecule has 0 amide bonds. The molecule has 14 atom stereocenters. The number of benzene rings is 2. The number of phenols is 1. The number of carbonyl (C=O) groups is 2. The number of rotatable bonds is 8. The van der Waals surface area contributed by atoms with Crippen molar-refractivity contribution in [2.24, 2.45) is 5.73 Å². The zero-order valence-electron chi connectivity index (χ0n) is 34.5. The van der Waals surface area contributed by atoms with Crippen molar-refractivity contribution in [3.63, 3.8) is 0 Å². The Morgan fingerprint density at radius 3 is 2.22 bits per heavy atom. The third-order valence-corrected chi connectivity index (χ3v) is 13.1. The second-order valence-electron chi connectivity index (χ2n) is 17.6. The van der Waals surface area contributed by atoms with Gasteiger partial charge in [-0.15, -0.1) is 0 Å². The van der Waals surface area contributed by atoms with Crippen molar-refractivity contribution in [1.82, 2.24) is 4.90 Å². The number of aliphatic hydroxyl groups excluding tert-OH is 3. The van der Waals surface area contributed by atoms with Gasteiger partial charge in [0.25, 0.3) is 0 Å². The van der Waals surface area contributed by atoms with E-state index in [4.69, 9.17) is 38.6 Å². The van der Waals surface area contributed by atoms with Crippen molar-refractivity contribution in [3.05, 3.63) is 73.6 Å². The molecule has 0 spiro atoms. The molecule has 0 saturated carbocycles. The third kappa shape index (κ3) is 7.15. The van der Waals surface area contributed by atoms with E-state index < -0.39 is 95.3 Å². The van der Waals surface area contributed by atoms with Gasteiger partial charge in [-0.2, -0.15) is 0 Å². The molecule has 5 heterocycles. The molecule has 0 unspecified atom stereocenters. The van der Waals surface area contributed by atoms with Crippen LogP contribution < -0.4 is 11.2 Å². The van der Waals surface area contributed by atoms with Gasteiger partial charge in [0.2, 0.25) is 5.78 Å². The van der Waals surface area contributed by atoms with Crippen LogP contribution in [0.15, 0.2) is 33.5 Å². The average Bonchev–Trinajstić information content (AvgIpc) is 3.80. The van der Waals surface area contributed by atoms with Crippen molar-refractivity contribution in [3.8, 4) is 5.75 Å². The summed E-state index contributed by atoms with van der Waals surface area (Å²) >= 11 is 0. The van der Waals surface area contributed by atoms with Gasteiger partial charge >= 0.3 is 0 Å². The van der Waals surface area contributed by atoms with Crippen LogP contribution in [0.2, 0.25) is 0 Å². The maximum absolute atomic E-state index is 14.8. The number of aromatic hydroxyl groups is 1. The number of ether oxygens (including phenoxy) is 6. The van der Waals surface area contributed by atoms with E-state index in [1.165, 1.54) is 18.2 Å². The molecule has 1 aliphatic carbocycles. The number of aliphatic hydroxyl groups is 3. The number of hydrogen-bond donors (Lipinski definition) is 5. The molecule has 8 rings (SSSR count). The molecule has 5 aliphatic rings. The van der Waals surface area contributed by atoms with E-state index in [2.05, 4.69) is 0 Å². The Hall–Kier alpha value is -3.65. The number of likely N-dealkylation sites (N-methyl/N-ethyl adjacent to an activating group) is 1. The Bertz CT molecular complexity index is 2230. The van der Waals surface area contributed by atoms with Crippen molar-refractivity contribution < 1.29 is 62.9 Å². The molecule has 59 heavy (non-hydrogen) atoms. The largest absolute Gasteiger partial charge is 0.507 e. The van der Waals surface area contributed by atoms with Gasteiger partial charge in [0.15, 0.2) is 29.4 Å². The molecule has 16 heteroatoms. The van der Waals surface area contributed by atoms with Crippen LogP contribution >= 0.6 is 0 Å². The molecule has 4 fully saturated rings. The summed E-state index contributed by atoms with van der Waals surface area (Å²) in [6.45, 7) is 10.2. The lowest BCUT2D eigenvalue weighted by Gasteiger charge is -2.46. The minimum atomic E-state index is -1.03. The van der Waals surface area contributed by atoms with Crippen molar-refractivity contribution in [2.45, 2.75) is 152 Å². The third-order valence-electron chi connectivity index (χ3n) is 13.1. The number of hydrogen-bond acceptors (Lipinski definition) is 16. The molecule has 1 aromatic heterocycles. The predicted octanol–water partition coefficient (Wildman–Crippen LogP) is 2.66. The normalized spacial score (nSPS) is 38.4. The first kappa shape index (κ1) is 42.1. The van der Waals surface area contributed by atoms with Crippen LogP contribution in [-0.2, 0) is 40.6 Å². The Labute approximate surface area is 341 Å². The van der Waals surface area contributed by atoms with E-state index in [0.717, 1.165) is 0 Å². The smallest absolute Gasteiger partial charge is 0.202 e. The minimum absolute atomic E-state index is 0.0201. The Balaban J connectivity index is 1.15. The number of ketones is 2. The molecule has 0 bridgehead atoms. The fourth-order valence-electron chi connectivity index (χ4n) is 9.24. The van der Waals surface area contributed by atoms with E-state index in [1.54, 1.807) is 33.8 Å². The van der Waals surface area contributed by atoms with Gasteiger partial charge in [-0.05, 0) is 79.8 Å². The lowest BCUT2D eigenvalue weighted by Crippen LogP contribution is -2.60. The quantitative estimate of drug-likeness (QED) is 0.161. The maximum atomic E-state index is 14.8. The van der Waals surface area contributed by atoms with Crippen molar-refractivity contribution in [2.75, 3.05) is 14.1 Å². The molecule has 4 aliphatic heterocycles. The predicted molar refractivity (Wildman–Crippen MR) is 209 cm³/mol. The van der Waals surface area contributed by atoms with Crippen LogP contribution in [0.3, 0.4) is 0 Å². The summed E-state index contributed by atoms with van der Waals surface area (Å²) < 4.78 is 42.9. The number of phenolic OH excluding ortho intramolecular Hbond substituents is 1. The van der Waals surface area contributed by atoms with E-state index in [9.17, 15) is 34.8 Å². The van der Waals surface area contributed by atoms with Crippen LogP contribution in [-0.4, -0.2) is 124 Å². The van der Waals surface area contributed by atoms with Crippen LogP contribution in [0.5, 0.6) is 5.75 Å². The van der Waals surface area contributed by atoms with Crippen LogP contribution in [0, 0.1) is 0 Å². The number of epoxide rings is 1. The van der Waals surface area contributed by atoms with Crippen molar-refractivity contribution in [1.29, 1.82) is 0 Å². The van der Waals surface area contributed by atoms with E-state index in [1.807, 2.05) is 32.8 Å². The highest BCUT2D eigenvalue weighted by atomic mass is 16.7. The zero-order valence-corrected chi connectivity index (χ0v) is 34.5. The van der Waals surface area contributed by atoms with Crippen LogP contribution in [0.25, 0.3) is 11.0 Å². The highest BCUT2D eigenvalue weighted by Gasteiger charge is 2.53. The average molecular weight is 823 g/mol. The first-order valence-corrected chi connectivity index (χ1v) is 20.2. The summed E-state index contributed by atoms with van der Waals surface area (Å²) in [6.07, 6.45) is -7.48. The highest BCUT2D eigenvalue weighted by Crippen LogP contribution is 2.48. The molecule has 4 saturated heterocycles. The van der Waals surface area contributed by atoms with E-state index >= 15 is 0 Å². The SMILES string of the molecule is C[C@@H]1O[C@@H](O[C@@H]2[C@H](C)O[C@@H](c3ccc4c(c3O)C(=O)c3c(cc(CO[C@H]5C[C@](C)(N)[C@H](O)[C@H](C)O5)c5c(=O)cc([C@@]6(C)O[C@@H]6C)oc35)C4=O)C[C@@H]2N(C)C)C[C@H](O)[C@@H]1O. The number of fused-ring (bicyclic) bond motifs is 4. The summed E-state index contributed by atoms with van der Waals surface area (Å²) in [5.41, 5.74) is 3.87. The number of nitrogens with two attached hydrogens (primary N) is 1. The summed E-state index contributed by atoms with van der Waals surface area (Å²) in [4.78, 5) is 45.3. The van der Waals surface area contributed by atoms with Gasteiger partial charge in [-0.1, -0.05) is 6.07 Å². The van der Waals surface area contributed by atoms with Gasteiger partial charge in [0.05, 0.1) is 65.8 Å². The summed E-state index contributed by atoms with van der Waals surface area (Å²) in [5, 5.41) is 43.1. The first-order chi connectivity index (χ1) is 27.7. The Kier molecular flexibility index (Phi) is 10.7. The topological polar surface area (TPSA) is 233 Å². The Morgan fingerprint density at radius 1 is 0.881 bits per heavy atom. The standard InChI is InChI=1S/C43H54N2O14/c1-17-35(48)27(47)14-30(55-17)58-39-18(2)54-28(12-25(39)45(7)8)22-9-10-23-33(37(22)50)38(51)34-24(36(23)49)11-21(16-53-31-15-42(5,44)41(52)19(3)56-31)32-26(46)13-29(57-40(32)34)43(6)20(4)59-43/h9-11,13,17-20,25,27-28,30-31,35,39,41,47-48,50,52H,12,14-16,44H2,1-8H3/t17-,18-,19-,20+,25-,27-,28+,30-,31+,35+,39+,41+,42-,43-/m0/s1. The monoisotopic (exact) mass is 822 g/mol. The fraction of sp³-hybridized carbons (Fsp3) is 0.605. The molecule has 3 aromatic rings. The van der Waals surface area contributed by atoms with Gasteiger partial charge in [0.1, 0.15) is 29.3 Å². The second-order valence-corrected chi connectivity index (χ2v) is 17.6. The van der Waals surface area contributed by atoms with Gasteiger partial charge in [0, 0.05) is 47.2 Å². The second kappa shape index (κ2) is 15.1. The van der Waals surface area contributed by atoms with E-state index in [-0.39, 0.29) is 81.7 Å². The molecular weight excluding hydrogens is 768 g/mol. The maximum Gasteiger partial charge on any atom is 0.202 e. The minimum Gasteiger partial charge on any atom is -0.507 e. The zero-order chi connectivity index (χ0) is 42.6. The van der Waals surface area contributed by atoms with Gasteiger partial charge in [-0.25, -0.2) is 0 Å². The Morgan fingerprint density at radius 2 is 1.58 bits per heavy atom. The number of carbonyl (C=O) groups excluding carboxylic acids is 2. The molecule has 2 aromatic carbocycles. The number of nitrogens with zero attached hydrogens (tertiary/aromatic N) is 1. The van der Waals surface area contributed by atoms with Crippen LogP contribution in [0.4, 0.5) is 0 Å². The molecule has 6 N–H and O–H groups in total. The van der Waals surface area contributed by atoms with Gasteiger partial charge < -0.3 is 63.9 Å². The summed E-state index contributed by atoms with van der Waals surface area (Å²) in [6, 6.07) is 5.57. The van der Waals surface area contributed by atoms with Crippen molar-refractivity contribution >= 4 is 22.5 Å². The van der Waals surface area contributed by atoms with Crippen LogP contribution in [0.1, 0.15) is 116 Å². The lowest BCUT2D eigenvalue weighted by atomic mass is 9.79. The summed E-state index contributed by atoms with van der Waals surface area (Å²) in [7, 11) is 3.76. The fourth-order valence-corrected chi connectivity index (χ4v) is 9.24. The molecule has 16 nitrogen and oxygen atoms in total. The first-order valence-electron chi connectivity index (χ1n) is 20.2.